The fraction of sp³-hybridized carbons (Fsp3) is 0.200. The molecule has 0 aliphatic rings. The van der Waals surface area contributed by atoms with E-state index in [1.807, 2.05) is 6.92 Å². The van der Waals surface area contributed by atoms with E-state index in [2.05, 4.69) is 5.32 Å². The molecule has 106 valence electrons. The van der Waals surface area contributed by atoms with Gasteiger partial charge in [0.15, 0.2) is 5.82 Å². The Kier molecular flexibility index (Phi) is 4.55. The van der Waals surface area contributed by atoms with E-state index >= 15 is 0 Å². The molecule has 0 fully saturated rings. The highest BCUT2D eigenvalue weighted by Crippen LogP contribution is 2.31. The Morgan fingerprint density at radius 3 is 2.25 bits per heavy atom. The summed E-state index contributed by atoms with van der Waals surface area (Å²) in [4.78, 5) is 0. The molecule has 0 aliphatic heterocycles. The van der Waals surface area contributed by atoms with Crippen LogP contribution in [0.4, 0.5) is 18.9 Å². The lowest BCUT2D eigenvalue weighted by Gasteiger charge is -2.20. The molecule has 2 aromatic carbocycles. The van der Waals surface area contributed by atoms with Crippen LogP contribution in [0.3, 0.4) is 0 Å². The van der Waals surface area contributed by atoms with Crippen molar-refractivity contribution in [3.05, 3.63) is 64.4 Å². The van der Waals surface area contributed by atoms with E-state index in [4.69, 9.17) is 11.6 Å². The summed E-state index contributed by atoms with van der Waals surface area (Å²) in [5.74, 6) is -1.82. The van der Waals surface area contributed by atoms with Crippen LogP contribution in [0.25, 0.3) is 0 Å². The zero-order valence-corrected chi connectivity index (χ0v) is 11.5. The minimum absolute atomic E-state index is 0.0249. The van der Waals surface area contributed by atoms with E-state index in [0.717, 1.165) is 17.7 Å². The molecule has 0 radical (unpaired) electrons. The third-order valence-electron chi connectivity index (χ3n) is 3.01. The number of anilines is 1. The Hall–Kier alpha value is -1.68. The molecule has 1 unspecified atom stereocenters. The monoisotopic (exact) mass is 299 g/mol. The van der Waals surface area contributed by atoms with Crippen molar-refractivity contribution in [3.63, 3.8) is 0 Å². The topological polar surface area (TPSA) is 12.0 Å². The van der Waals surface area contributed by atoms with Gasteiger partial charge in [0, 0.05) is 6.07 Å². The zero-order chi connectivity index (χ0) is 14.7. The fourth-order valence-corrected chi connectivity index (χ4v) is 2.22. The third kappa shape index (κ3) is 3.25. The second-order valence-electron chi connectivity index (χ2n) is 4.40. The molecule has 0 heterocycles. The van der Waals surface area contributed by atoms with Crippen LogP contribution in [0.5, 0.6) is 0 Å². The van der Waals surface area contributed by atoms with Gasteiger partial charge >= 0.3 is 0 Å². The van der Waals surface area contributed by atoms with E-state index in [1.54, 1.807) is 12.1 Å². The van der Waals surface area contributed by atoms with Crippen LogP contribution in [-0.4, -0.2) is 0 Å². The second kappa shape index (κ2) is 6.18. The van der Waals surface area contributed by atoms with Gasteiger partial charge in [-0.25, -0.2) is 13.2 Å². The molecule has 0 bridgehead atoms. The van der Waals surface area contributed by atoms with Crippen molar-refractivity contribution in [2.24, 2.45) is 0 Å². The molecule has 1 atom stereocenters. The molecule has 0 spiro atoms. The van der Waals surface area contributed by atoms with E-state index in [-0.39, 0.29) is 22.6 Å². The van der Waals surface area contributed by atoms with Crippen LogP contribution >= 0.6 is 11.6 Å². The smallest absolute Gasteiger partial charge is 0.150 e. The predicted molar refractivity (Wildman–Crippen MR) is 74.4 cm³/mol. The van der Waals surface area contributed by atoms with Gasteiger partial charge in [0.1, 0.15) is 11.6 Å². The minimum Gasteiger partial charge on any atom is -0.375 e. The predicted octanol–water partition coefficient (Wildman–Crippen LogP) is 5.32. The lowest BCUT2D eigenvalue weighted by Crippen LogP contribution is -2.11. The van der Waals surface area contributed by atoms with Crippen molar-refractivity contribution in [2.45, 2.75) is 19.4 Å². The second-order valence-corrected chi connectivity index (χ2v) is 4.81. The van der Waals surface area contributed by atoms with Gasteiger partial charge in [-0.3, -0.25) is 0 Å². The van der Waals surface area contributed by atoms with Gasteiger partial charge in [-0.1, -0.05) is 30.7 Å². The standard InChI is InChI=1S/C15H13ClF3N/c1-2-14(9-3-5-10(17)6-4-9)20-15-12(16)7-11(18)8-13(15)19/h3-8,14,20H,2H2,1H3. The van der Waals surface area contributed by atoms with E-state index in [0.29, 0.717) is 6.42 Å². The summed E-state index contributed by atoms with van der Waals surface area (Å²) in [5.41, 5.74) is 0.845. The first-order valence-corrected chi connectivity index (χ1v) is 6.55. The Morgan fingerprint density at radius 2 is 1.70 bits per heavy atom. The Labute approximate surface area is 120 Å². The molecule has 2 rings (SSSR count). The average Bonchev–Trinajstić information content (AvgIpc) is 2.39. The molecule has 5 heteroatoms. The molecule has 0 aliphatic carbocycles. The van der Waals surface area contributed by atoms with Gasteiger partial charge in [0.2, 0.25) is 0 Å². The molecule has 1 N–H and O–H groups in total. The Bertz CT molecular complexity index is 576. The van der Waals surface area contributed by atoms with Gasteiger partial charge < -0.3 is 5.32 Å². The van der Waals surface area contributed by atoms with Gasteiger partial charge in [0.25, 0.3) is 0 Å². The summed E-state index contributed by atoms with van der Waals surface area (Å²) in [7, 11) is 0. The molecular weight excluding hydrogens is 287 g/mol. The summed E-state index contributed by atoms with van der Waals surface area (Å²) in [6, 6.07) is 7.48. The number of hydrogen-bond acceptors (Lipinski definition) is 1. The summed E-state index contributed by atoms with van der Waals surface area (Å²) >= 11 is 5.85. The van der Waals surface area contributed by atoms with Gasteiger partial charge in [0.05, 0.1) is 16.8 Å². The summed E-state index contributed by atoms with van der Waals surface area (Å²) in [6.45, 7) is 1.90. The average molecular weight is 300 g/mol. The molecule has 0 amide bonds. The van der Waals surface area contributed by atoms with Crippen molar-refractivity contribution in [1.82, 2.24) is 0 Å². The van der Waals surface area contributed by atoms with Crippen LogP contribution in [0.15, 0.2) is 36.4 Å². The van der Waals surface area contributed by atoms with Crippen molar-refractivity contribution < 1.29 is 13.2 Å². The van der Waals surface area contributed by atoms with Crippen molar-refractivity contribution in [3.8, 4) is 0 Å². The molecular formula is C15H13ClF3N. The number of halogens is 4. The van der Waals surface area contributed by atoms with E-state index in [1.165, 1.54) is 12.1 Å². The first-order valence-electron chi connectivity index (χ1n) is 6.17. The Morgan fingerprint density at radius 1 is 1.05 bits per heavy atom. The number of rotatable bonds is 4. The van der Waals surface area contributed by atoms with Crippen LogP contribution in [0, 0.1) is 17.5 Å². The van der Waals surface area contributed by atoms with Crippen LogP contribution in [0.2, 0.25) is 5.02 Å². The SMILES string of the molecule is CCC(Nc1c(F)cc(F)cc1Cl)c1ccc(F)cc1. The molecule has 20 heavy (non-hydrogen) atoms. The van der Waals surface area contributed by atoms with Crippen molar-refractivity contribution in [1.29, 1.82) is 0 Å². The summed E-state index contributed by atoms with van der Waals surface area (Å²) in [6.07, 6.45) is 0.638. The van der Waals surface area contributed by atoms with Crippen molar-refractivity contribution in [2.75, 3.05) is 5.32 Å². The summed E-state index contributed by atoms with van der Waals surface area (Å²) < 4.78 is 39.7. The molecule has 2 aromatic rings. The highest BCUT2D eigenvalue weighted by Gasteiger charge is 2.15. The van der Waals surface area contributed by atoms with Crippen LogP contribution in [-0.2, 0) is 0 Å². The van der Waals surface area contributed by atoms with Crippen LogP contribution < -0.4 is 5.32 Å². The number of nitrogens with one attached hydrogen (secondary N) is 1. The largest absolute Gasteiger partial charge is 0.375 e. The minimum atomic E-state index is -0.754. The molecule has 0 saturated heterocycles. The lowest BCUT2D eigenvalue weighted by atomic mass is 10.0. The van der Waals surface area contributed by atoms with Crippen LogP contribution in [0.1, 0.15) is 24.9 Å². The third-order valence-corrected chi connectivity index (χ3v) is 3.30. The van der Waals surface area contributed by atoms with Crippen molar-refractivity contribution >= 4 is 17.3 Å². The van der Waals surface area contributed by atoms with Gasteiger partial charge in [-0.2, -0.15) is 0 Å². The quantitative estimate of drug-likeness (QED) is 0.805. The number of hydrogen-bond donors (Lipinski definition) is 1. The first-order chi connectivity index (χ1) is 9.51. The zero-order valence-electron chi connectivity index (χ0n) is 10.8. The van der Waals surface area contributed by atoms with E-state index in [9.17, 15) is 13.2 Å². The number of benzene rings is 2. The van der Waals surface area contributed by atoms with Gasteiger partial charge in [-0.15, -0.1) is 0 Å². The Balaban J connectivity index is 2.29. The summed E-state index contributed by atoms with van der Waals surface area (Å²) in [5, 5.41) is 2.91. The molecule has 0 aromatic heterocycles. The fourth-order valence-electron chi connectivity index (χ4n) is 1.97. The first kappa shape index (κ1) is 14.7. The maximum Gasteiger partial charge on any atom is 0.150 e. The lowest BCUT2D eigenvalue weighted by molar-refractivity contribution is 0.582. The maximum absolute atomic E-state index is 13.7. The van der Waals surface area contributed by atoms with Gasteiger partial charge in [-0.05, 0) is 30.2 Å². The maximum atomic E-state index is 13.7. The molecule has 1 nitrogen and oxygen atoms in total. The highest BCUT2D eigenvalue weighted by molar-refractivity contribution is 6.33. The molecule has 0 saturated carbocycles. The highest BCUT2D eigenvalue weighted by atomic mass is 35.5. The normalized spacial score (nSPS) is 12.2. The van der Waals surface area contributed by atoms with E-state index < -0.39 is 11.6 Å².